The SMILES string of the molecule is O=C(NCc1ccc2c(c1)[C@H]1C[C@@H](N2)[C@H](O)CO1)N[C@H](C(=O)N1CCCN1c1ccccc1Br)c1ccccc1. The molecule has 3 aliphatic rings. The predicted octanol–water partition coefficient (Wildman–Crippen LogP) is 4.26. The molecule has 10 heteroatoms. The Labute approximate surface area is 241 Å². The largest absolute Gasteiger partial charge is 0.389 e. The van der Waals surface area contributed by atoms with Crippen LogP contribution in [0.15, 0.2) is 77.3 Å². The lowest BCUT2D eigenvalue weighted by Crippen LogP contribution is -2.49. The molecule has 2 saturated heterocycles. The van der Waals surface area contributed by atoms with Gasteiger partial charge in [-0.1, -0.05) is 48.5 Å². The zero-order chi connectivity index (χ0) is 27.6. The fourth-order valence-electron chi connectivity index (χ4n) is 5.68. The molecule has 0 unspecified atom stereocenters. The van der Waals surface area contributed by atoms with E-state index in [4.69, 9.17) is 4.74 Å². The minimum absolute atomic E-state index is 0.0111. The molecule has 0 spiro atoms. The van der Waals surface area contributed by atoms with E-state index in [1.807, 2.05) is 77.8 Å². The van der Waals surface area contributed by atoms with Gasteiger partial charge in [-0.15, -0.1) is 0 Å². The Bertz CT molecular complexity index is 1390. The van der Waals surface area contributed by atoms with E-state index in [0.717, 1.165) is 33.4 Å². The predicted molar refractivity (Wildman–Crippen MR) is 156 cm³/mol. The summed E-state index contributed by atoms with van der Waals surface area (Å²) in [6, 6.07) is 21.8. The number of carbonyl (C=O) groups is 2. The molecule has 4 N–H and O–H groups in total. The van der Waals surface area contributed by atoms with Gasteiger partial charge in [0.1, 0.15) is 6.04 Å². The number of hydrogen-bond acceptors (Lipinski definition) is 6. The van der Waals surface area contributed by atoms with E-state index in [9.17, 15) is 14.7 Å². The maximum absolute atomic E-state index is 13.9. The van der Waals surface area contributed by atoms with Crippen LogP contribution in [0.2, 0.25) is 0 Å². The molecule has 3 aromatic carbocycles. The number of rotatable bonds is 6. The van der Waals surface area contributed by atoms with Crippen LogP contribution in [-0.2, 0) is 16.1 Å². The van der Waals surface area contributed by atoms with Gasteiger partial charge in [-0.05, 0) is 57.7 Å². The maximum Gasteiger partial charge on any atom is 0.315 e. The highest BCUT2D eigenvalue weighted by molar-refractivity contribution is 9.10. The zero-order valence-electron chi connectivity index (χ0n) is 21.9. The van der Waals surface area contributed by atoms with Crippen molar-refractivity contribution in [1.29, 1.82) is 0 Å². The number of halogens is 1. The van der Waals surface area contributed by atoms with Crippen LogP contribution in [0.3, 0.4) is 0 Å². The van der Waals surface area contributed by atoms with E-state index in [1.54, 1.807) is 5.01 Å². The molecule has 6 rings (SSSR count). The molecular weight excluding hydrogens is 574 g/mol. The highest BCUT2D eigenvalue weighted by Crippen LogP contribution is 2.39. The molecular formula is C30H32BrN5O4. The van der Waals surface area contributed by atoms with Crippen molar-refractivity contribution in [3.8, 4) is 0 Å². The number of aliphatic hydroxyl groups is 1. The van der Waals surface area contributed by atoms with Crippen molar-refractivity contribution in [1.82, 2.24) is 15.6 Å². The van der Waals surface area contributed by atoms with Gasteiger partial charge in [-0.2, -0.15) is 0 Å². The van der Waals surface area contributed by atoms with E-state index in [2.05, 4.69) is 31.9 Å². The van der Waals surface area contributed by atoms with E-state index in [-0.39, 0.29) is 18.1 Å². The highest BCUT2D eigenvalue weighted by Gasteiger charge is 2.37. The summed E-state index contributed by atoms with van der Waals surface area (Å²) in [5.41, 5.74) is 4.53. The number of urea groups is 1. The molecule has 4 atom stereocenters. The lowest BCUT2D eigenvalue weighted by Gasteiger charge is -2.40. The first-order valence-electron chi connectivity index (χ1n) is 13.6. The molecule has 0 aromatic heterocycles. The molecule has 208 valence electrons. The third-order valence-electron chi connectivity index (χ3n) is 7.73. The number of anilines is 2. The molecule has 0 aliphatic carbocycles. The molecule has 2 fully saturated rings. The zero-order valence-corrected chi connectivity index (χ0v) is 23.5. The number of carbonyl (C=O) groups excluding carboxylic acids is 2. The minimum atomic E-state index is -0.851. The van der Waals surface area contributed by atoms with Gasteiger partial charge in [0.05, 0.1) is 30.5 Å². The van der Waals surface area contributed by atoms with Crippen molar-refractivity contribution in [2.24, 2.45) is 0 Å². The standard InChI is InChI=1S/C30H32BrN5O4/c31-22-9-4-5-10-25(22)35-13-6-14-36(35)29(38)28(20-7-2-1-3-8-20)34-30(39)32-17-19-11-12-23-21(15-19)27-16-24(33-23)26(37)18-40-27/h1-5,7-12,15,24,26-28,33,37H,6,13-14,16-18H2,(H2,32,34,39)/t24-,26-,27-,28+/m1/s1. The minimum Gasteiger partial charge on any atom is -0.389 e. The van der Waals surface area contributed by atoms with Crippen molar-refractivity contribution >= 4 is 39.2 Å². The molecule has 0 saturated carbocycles. The number of nitrogens with zero attached hydrogens (tertiary/aromatic N) is 2. The Balaban J connectivity index is 1.16. The molecule has 0 radical (unpaired) electrons. The quantitative estimate of drug-likeness (QED) is 0.334. The monoisotopic (exact) mass is 605 g/mol. The first kappa shape index (κ1) is 26.6. The first-order valence-corrected chi connectivity index (χ1v) is 14.4. The van der Waals surface area contributed by atoms with Crippen LogP contribution < -0.4 is 21.0 Å². The second kappa shape index (κ2) is 11.5. The molecule has 3 amide bonds. The normalized spacial score (nSPS) is 22.2. The third-order valence-corrected chi connectivity index (χ3v) is 8.40. The molecule has 2 bridgehead atoms. The van der Waals surface area contributed by atoms with Gasteiger partial charge in [0.2, 0.25) is 0 Å². The van der Waals surface area contributed by atoms with Crippen LogP contribution in [0.5, 0.6) is 0 Å². The van der Waals surface area contributed by atoms with Crippen LogP contribution in [0.4, 0.5) is 16.2 Å². The van der Waals surface area contributed by atoms with Crippen molar-refractivity contribution in [2.75, 3.05) is 30.0 Å². The third kappa shape index (κ3) is 5.39. The number of aliphatic hydroxyl groups excluding tert-OH is 1. The van der Waals surface area contributed by atoms with Crippen LogP contribution in [0, 0.1) is 0 Å². The van der Waals surface area contributed by atoms with Gasteiger partial charge < -0.3 is 25.8 Å². The summed E-state index contributed by atoms with van der Waals surface area (Å²) < 4.78 is 6.76. The van der Waals surface area contributed by atoms with Gasteiger partial charge in [-0.3, -0.25) is 14.8 Å². The Morgan fingerprint density at radius 3 is 2.70 bits per heavy atom. The number of hydrogen-bond donors (Lipinski definition) is 4. The fraction of sp³-hybridized carbons (Fsp3) is 0.333. The van der Waals surface area contributed by atoms with Gasteiger partial charge in [0.25, 0.3) is 5.91 Å². The Hall–Kier alpha value is -3.60. The van der Waals surface area contributed by atoms with Gasteiger partial charge in [0.15, 0.2) is 0 Å². The summed E-state index contributed by atoms with van der Waals surface area (Å²) in [7, 11) is 0. The van der Waals surface area contributed by atoms with Crippen molar-refractivity contribution in [3.05, 3.63) is 94.0 Å². The van der Waals surface area contributed by atoms with Crippen molar-refractivity contribution in [2.45, 2.75) is 43.7 Å². The number of ether oxygens (including phenoxy) is 1. The summed E-state index contributed by atoms with van der Waals surface area (Å²) in [6.45, 7) is 1.87. The summed E-state index contributed by atoms with van der Waals surface area (Å²) in [4.78, 5) is 27.1. The van der Waals surface area contributed by atoms with Crippen molar-refractivity contribution in [3.63, 3.8) is 0 Å². The Morgan fingerprint density at radius 1 is 1.07 bits per heavy atom. The van der Waals surface area contributed by atoms with E-state index >= 15 is 0 Å². The van der Waals surface area contributed by atoms with Crippen LogP contribution in [-0.4, -0.2) is 53.9 Å². The Morgan fingerprint density at radius 2 is 1.88 bits per heavy atom. The number of para-hydroxylation sites is 1. The summed E-state index contributed by atoms with van der Waals surface area (Å²) in [6.07, 6.45) is 0.945. The Kier molecular flexibility index (Phi) is 7.64. The fourth-order valence-corrected chi connectivity index (χ4v) is 6.17. The number of fused-ring (bicyclic) bond motifs is 4. The van der Waals surface area contributed by atoms with Crippen LogP contribution >= 0.6 is 15.9 Å². The molecule has 3 aromatic rings. The average molecular weight is 607 g/mol. The second-order valence-corrected chi connectivity index (χ2v) is 11.2. The topological polar surface area (TPSA) is 106 Å². The molecule has 3 aliphatic heterocycles. The molecule has 9 nitrogen and oxygen atoms in total. The second-order valence-electron chi connectivity index (χ2n) is 10.4. The number of benzene rings is 3. The lowest BCUT2D eigenvalue weighted by molar-refractivity contribution is -0.132. The number of nitrogens with one attached hydrogen (secondary N) is 3. The van der Waals surface area contributed by atoms with E-state index in [0.29, 0.717) is 38.2 Å². The van der Waals surface area contributed by atoms with Gasteiger partial charge >= 0.3 is 6.03 Å². The highest BCUT2D eigenvalue weighted by atomic mass is 79.9. The van der Waals surface area contributed by atoms with Crippen LogP contribution in [0.1, 0.15) is 41.7 Å². The smallest absolute Gasteiger partial charge is 0.315 e. The number of amides is 3. The van der Waals surface area contributed by atoms with E-state index < -0.39 is 18.2 Å². The number of hydrazine groups is 1. The molecule has 40 heavy (non-hydrogen) atoms. The van der Waals surface area contributed by atoms with Crippen molar-refractivity contribution < 1.29 is 19.4 Å². The summed E-state index contributed by atoms with van der Waals surface area (Å²) >= 11 is 3.61. The average Bonchev–Trinajstić information content (AvgIpc) is 3.47. The first-order chi connectivity index (χ1) is 19.5. The van der Waals surface area contributed by atoms with Gasteiger partial charge in [-0.25, -0.2) is 4.79 Å². The van der Waals surface area contributed by atoms with Gasteiger partial charge in [0, 0.05) is 41.8 Å². The maximum atomic E-state index is 13.9. The summed E-state index contributed by atoms with van der Waals surface area (Å²) in [5, 5.41) is 23.1. The lowest BCUT2D eigenvalue weighted by atomic mass is 9.89. The van der Waals surface area contributed by atoms with E-state index in [1.165, 1.54) is 0 Å². The molecule has 3 heterocycles. The summed E-state index contributed by atoms with van der Waals surface area (Å²) in [5.74, 6) is -0.194. The van der Waals surface area contributed by atoms with Crippen LogP contribution in [0.25, 0.3) is 0 Å².